The van der Waals surface area contributed by atoms with E-state index in [1.54, 1.807) is 39.8 Å². The van der Waals surface area contributed by atoms with Crippen LogP contribution in [0.2, 0.25) is 0 Å². The number of hydrogen-bond donors (Lipinski definition) is 1. The van der Waals surface area contributed by atoms with Gasteiger partial charge in [-0.3, -0.25) is 4.79 Å². The lowest BCUT2D eigenvalue weighted by Gasteiger charge is -2.33. The Hall–Kier alpha value is -2.11. The zero-order valence-electron chi connectivity index (χ0n) is 16.0. The molecule has 0 spiro atoms. The monoisotopic (exact) mass is 352 g/mol. The molecule has 1 aromatic rings. The zero-order chi connectivity index (χ0) is 19.2. The molecule has 0 saturated carbocycles. The van der Waals surface area contributed by atoms with Crippen LogP contribution in [0.1, 0.15) is 53.0 Å². The zero-order valence-corrected chi connectivity index (χ0v) is 16.0. The average molecular weight is 352 g/mol. The number of carbonyl (C=O) groups is 2. The van der Waals surface area contributed by atoms with Gasteiger partial charge in [-0.1, -0.05) is 19.9 Å². The van der Waals surface area contributed by atoms with Crippen molar-refractivity contribution in [1.82, 2.24) is 5.32 Å². The highest BCUT2D eigenvalue weighted by Gasteiger charge is 2.32. The summed E-state index contributed by atoms with van der Waals surface area (Å²) in [7, 11) is 0. The van der Waals surface area contributed by atoms with E-state index in [9.17, 15) is 14.0 Å². The quantitative estimate of drug-likeness (QED) is 0.868. The smallest absolute Gasteiger partial charge is 0.408 e. The third-order valence-electron chi connectivity index (χ3n) is 3.60. The number of rotatable bonds is 2. The molecule has 0 aromatic heterocycles. The first-order valence-electron chi connectivity index (χ1n) is 8.74. The molecule has 5 nitrogen and oxygen atoms in total. The third-order valence-corrected chi connectivity index (χ3v) is 3.60. The normalized spacial score (nSPS) is 17.5. The lowest BCUT2D eigenvalue weighted by molar-refractivity contribution is -0.121. The van der Waals surface area contributed by atoms with Crippen molar-refractivity contribution in [2.45, 2.75) is 66.0 Å². The number of hydrogen-bond acceptors (Lipinski definition) is 3. The van der Waals surface area contributed by atoms with Crippen LogP contribution in [0.15, 0.2) is 18.2 Å². The van der Waals surface area contributed by atoms with Crippen molar-refractivity contribution in [2.75, 3.05) is 11.4 Å². The van der Waals surface area contributed by atoms with Crippen LogP contribution in [0.3, 0.4) is 0 Å². The third kappa shape index (κ3) is 6.03. The van der Waals surface area contributed by atoms with Crippen molar-refractivity contribution in [1.29, 1.82) is 0 Å². The number of benzene rings is 1. The highest BCUT2D eigenvalue weighted by molar-refractivity contribution is 5.99. The van der Waals surface area contributed by atoms with E-state index < -0.39 is 17.7 Å². The molecule has 1 heterocycles. The summed E-state index contributed by atoms with van der Waals surface area (Å²) in [5.41, 5.74) is 0.414. The van der Waals surface area contributed by atoms with Crippen LogP contribution < -0.4 is 10.2 Å². The van der Waals surface area contributed by atoms with Gasteiger partial charge in [-0.15, -0.1) is 0 Å². The second kappa shape index (κ2) is 8.83. The van der Waals surface area contributed by atoms with Crippen molar-refractivity contribution in [2.24, 2.45) is 0 Å². The van der Waals surface area contributed by atoms with Gasteiger partial charge in [-0.05, 0) is 58.2 Å². The molecule has 0 radical (unpaired) electrons. The van der Waals surface area contributed by atoms with E-state index in [-0.39, 0.29) is 11.7 Å². The van der Waals surface area contributed by atoms with Crippen molar-refractivity contribution >= 4 is 17.7 Å². The van der Waals surface area contributed by atoms with Gasteiger partial charge in [0.1, 0.15) is 17.5 Å². The topological polar surface area (TPSA) is 58.6 Å². The summed E-state index contributed by atoms with van der Waals surface area (Å²) < 4.78 is 18.9. The first-order chi connectivity index (χ1) is 11.7. The maximum atomic E-state index is 13.7. The molecule has 25 heavy (non-hydrogen) atoms. The molecule has 2 rings (SSSR count). The Morgan fingerprint density at radius 1 is 1.32 bits per heavy atom. The van der Waals surface area contributed by atoms with Crippen LogP contribution in [0.4, 0.5) is 14.9 Å². The van der Waals surface area contributed by atoms with Gasteiger partial charge < -0.3 is 15.0 Å². The van der Waals surface area contributed by atoms with Gasteiger partial charge in [0.25, 0.3) is 0 Å². The minimum absolute atomic E-state index is 0.245. The first kappa shape index (κ1) is 20.9. The molecule has 0 bridgehead atoms. The Labute approximate surface area is 149 Å². The van der Waals surface area contributed by atoms with E-state index in [1.165, 1.54) is 11.0 Å². The number of amides is 2. The van der Waals surface area contributed by atoms with Crippen LogP contribution in [0.5, 0.6) is 0 Å². The van der Waals surface area contributed by atoms with Gasteiger partial charge in [-0.25, -0.2) is 9.18 Å². The van der Waals surface area contributed by atoms with Gasteiger partial charge in [-0.2, -0.15) is 0 Å². The number of aryl methyl sites for hydroxylation is 1. The molecule has 1 aliphatic rings. The second-order valence-electron chi connectivity index (χ2n) is 6.76. The number of alkyl carbamates (subject to hydrolysis) is 1. The summed E-state index contributed by atoms with van der Waals surface area (Å²) in [4.78, 5) is 25.9. The second-order valence-corrected chi connectivity index (χ2v) is 6.76. The van der Waals surface area contributed by atoms with E-state index >= 15 is 0 Å². The lowest BCUT2D eigenvalue weighted by atomic mass is 10.0. The SMILES string of the molecule is CC.Cc1ccc(N2CCCC(NC(=O)OC(C)(C)C)C2=O)cc1F. The highest BCUT2D eigenvalue weighted by atomic mass is 19.1. The lowest BCUT2D eigenvalue weighted by Crippen LogP contribution is -2.53. The standard InChI is InChI=1S/C17H23FN2O3.C2H6/c1-11-7-8-12(10-13(11)18)20-9-5-6-14(15(20)21)19-16(22)23-17(2,3)4;1-2/h7-8,10,14H,5-6,9H2,1-4H3,(H,19,22);1-2H3. The van der Waals surface area contributed by atoms with E-state index in [0.29, 0.717) is 24.2 Å². The first-order valence-corrected chi connectivity index (χ1v) is 8.74. The van der Waals surface area contributed by atoms with Crippen molar-refractivity contribution in [3.05, 3.63) is 29.6 Å². The van der Waals surface area contributed by atoms with Gasteiger partial charge in [0.15, 0.2) is 0 Å². The molecule has 140 valence electrons. The fourth-order valence-electron chi connectivity index (χ4n) is 2.47. The Balaban J connectivity index is 0.00000151. The minimum atomic E-state index is -0.650. The van der Waals surface area contributed by atoms with Gasteiger partial charge >= 0.3 is 6.09 Å². The molecule has 1 aromatic carbocycles. The minimum Gasteiger partial charge on any atom is -0.444 e. The summed E-state index contributed by atoms with van der Waals surface area (Å²) in [6.07, 6.45) is 0.651. The Kier molecular flexibility index (Phi) is 7.39. The molecule has 1 saturated heterocycles. The molecule has 2 amide bonds. The van der Waals surface area contributed by atoms with Crippen LogP contribution >= 0.6 is 0 Å². The summed E-state index contributed by atoms with van der Waals surface area (Å²) in [6.45, 7) is 11.5. The van der Waals surface area contributed by atoms with E-state index in [1.807, 2.05) is 13.8 Å². The van der Waals surface area contributed by atoms with Crippen molar-refractivity contribution in [3.63, 3.8) is 0 Å². The fraction of sp³-hybridized carbons (Fsp3) is 0.579. The number of halogens is 1. The van der Waals surface area contributed by atoms with E-state index in [2.05, 4.69) is 5.32 Å². The highest BCUT2D eigenvalue weighted by Crippen LogP contribution is 2.23. The Morgan fingerprint density at radius 2 is 1.96 bits per heavy atom. The molecule has 6 heteroatoms. The maximum absolute atomic E-state index is 13.7. The molecule has 1 N–H and O–H groups in total. The largest absolute Gasteiger partial charge is 0.444 e. The Morgan fingerprint density at radius 3 is 2.52 bits per heavy atom. The van der Waals surface area contributed by atoms with E-state index in [4.69, 9.17) is 4.74 Å². The van der Waals surface area contributed by atoms with Crippen LogP contribution in [0.25, 0.3) is 0 Å². The number of nitrogens with zero attached hydrogens (tertiary/aromatic N) is 1. The fourth-order valence-corrected chi connectivity index (χ4v) is 2.47. The molecule has 1 aliphatic heterocycles. The number of ether oxygens (including phenoxy) is 1. The molecule has 1 unspecified atom stereocenters. The maximum Gasteiger partial charge on any atom is 0.408 e. The predicted octanol–water partition coefficient (Wildman–Crippen LogP) is 4.18. The van der Waals surface area contributed by atoms with Crippen LogP contribution in [0, 0.1) is 12.7 Å². The van der Waals surface area contributed by atoms with Crippen molar-refractivity contribution < 1.29 is 18.7 Å². The number of piperidine rings is 1. The summed E-state index contributed by atoms with van der Waals surface area (Å²) in [5.74, 6) is -0.595. The van der Waals surface area contributed by atoms with E-state index in [0.717, 1.165) is 6.42 Å². The molecule has 1 atom stereocenters. The van der Waals surface area contributed by atoms with Gasteiger partial charge in [0.05, 0.1) is 0 Å². The molecular formula is C19H29FN2O3. The predicted molar refractivity (Wildman–Crippen MR) is 97.2 cm³/mol. The molecular weight excluding hydrogens is 323 g/mol. The Bertz CT molecular complexity index is 611. The van der Waals surface area contributed by atoms with Gasteiger partial charge in [0, 0.05) is 12.2 Å². The van der Waals surface area contributed by atoms with Crippen molar-refractivity contribution in [3.8, 4) is 0 Å². The number of nitrogens with one attached hydrogen (secondary N) is 1. The summed E-state index contributed by atoms with van der Waals surface area (Å²) in [6, 6.07) is 4.06. The van der Waals surface area contributed by atoms with Crippen LogP contribution in [-0.4, -0.2) is 30.2 Å². The number of carbonyl (C=O) groups excluding carboxylic acids is 2. The average Bonchev–Trinajstić information content (AvgIpc) is 2.52. The summed E-state index contributed by atoms with van der Waals surface area (Å²) in [5, 5.41) is 2.60. The summed E-state index contributed by atoms with van der Waals surface area (Å²) >= 11 is 0. The van der Waals surface area contributed by atoms with Gasteiger partial charge in [0.2, 0.25) is 5.91 Å². The van der Waals surface area contributed by atoms with Crippen LogP contribution in [-0.2, 0) is 9.53 Å². The molecule has 0 aliphatic carbocycles. The number of anilines is 1. The molecule has 1 fully saturated rings.